The maximum Gasteiger partial charge on any atom is 0.407 e. The zero-order valence-electron chi connectivity index (χ0n) is 10.7. The van der Waals surface area contributed by atoms with Crippen molar-refractivity contribution in [2.75, 3.05) is 6.61 Å². The molecule has 4 nitrogen and oxygen atoms in total. The molecule has 18 heavy (non-hydrogen) atoms. The zero-order valence-corrected chi connectivity index (χ0v) is 10.7. The third-order valence-corrected chi connectivity index (χ3v) is 2.69. The van der Waals surface area contributed by atoms with Gasteiger partial charge in [-0.25, -0.2) is 4.79 Å². The molecule has 4 heteroatoms. The van der Waals surface area contributed by atoms with Crippen molar-refractivity contribution in [1.29, 1.82) is 0 Å². The minimum absolute atomic E-state index is 0.102. The molecule has 0 radical (unpaired) electrons. The topological polar surface area (TPSA) is 54.1 Å². The molecule has 2 rings (SSSR count). The minimum Gasteiger partial charge on any atom is -0.449 e. The highest BCUT2D eigenvalue weighted by atomic mass is 16.5. The zero-order chi connectivity index (χ0) is 13.0. The second-order valence-corrected chi connectivity index (χ2v) is 4.54. The van der Waals surface area contributed by atoms with E-state index in [9.17, 15) is 4.79 Å². The largest absolute Gasteiger partial charge is 0.449 e. The van der Waals surface area contributed by atoms with E-state index >= 15 is 0 Å². The number of alkyl carbamates (subject to hydrolysis) is 1. The first-order valence-electron chi connectivity index (χ1n) is 6.15. The van der Waals surface area contributed by atoms with E-state index in [0.717, 1.165) is 11.9 Å². The Balaban J connectivity index is 1.89. The maximum atomic E-state index is 11.3. The highest BCUT2D eigenvalue weighted by molar-refractivity contribution is 5.83. The Hall–Kier alpha value is -1.97. The molecule has 2 aromatic rings. The van der Waals surface area contributed by atoms with Gasteiger partial charge in [0, 0.05) is 29.6 Å². The standard InChI is InChI=1S/C14H18N2O2/c1-10(2)16-14(17)18-8-7-11-9-15-13-6-4-3-5-12(11)13/h3-6,9-10,15H,7-8H2,1-2H3,(H,16,17). The molecule has 1 amide bonds. The molecule has 0 saturated heterocycles. The Morgan fingerprint density at radius 1 is 1.39 bits per heavy atom. The average molecular weight is 246 g/mol. The molecule has 0 unspecified atom stereocenters. The molecular weight excluding hydrogens is 228 g/mol. The first-order chi connectivity index (χ1) is 8.66. The number of ether oxygens (including phenoxy) is 1. The van der Waals surface area contributed by atoms with E-state index in [2.05, 4.69) is 16.4 Å². The molecule has 1 heterocycles. The van der Waals surface area contributed by atoms with Crippen LogP contribution in [0, 0.1) is 0 Å². The Kier molecular flexibility index (Phi) is 3.87. The van der Waals surface area contributed by atoms with Crippen LogP contribution in [0.1, 0.15) is 19.4 Å². The number of hydrogen-bond acceptors (Lipinski definition) is 2. The van der Waals surface area contributed by atoms with Gasteiger partial charge in [0.25, 0.3) is 0 Å². The molecule has 0 aliphatic rings. The van der Waals surface area contributed by atoms with Gasteiger partial charge < -0.3 is 15.0 Å². The fourth-order valence-electron chi connectivity index (χ4n) is 1.87. The maximum absolute atomic E-state index is 11.3. The Morgan fingerprint density at radius 2 is 2.17 bits per heavy atom. The third kappa shape index (κ3) is 3.03. The van der Waals surface area contributed by atoms with Gasteiger partial charge in [0.15, 0.2) is 0 Å². The summed E-state index contributed by atoms with van der Waals surface area (Å²) >= 11 is 0. The first kappa shape index (κ1) is 12.5. The van der Waals surface area contributed by atoms with Crippen LogP contribution in [0.15, 0.2) is 30.5 Å². The fraction of sp³-hybridized carbons (Fsp3) is 0.357. The summed E-state index contributed by atoms with van der Waals surface area (Å²) < 4.78 is 5.11. The number of carbonyl (C=O) groups is 1. The van der Waals surface area contributed by atoms with E-state index in [1.54, 1.807) is 0 Å². The number of fused-ring (bicyclic) bond motifs is 1. The summed E-state index contributed by atoms with van der Waals surface area (Å²) in [6, 6.07) is 8.20. The van der Waals surface area contributed by atoms with Crippen molar-refractivity contribution in [3.8, 4) is 0 Å². The van der Waals surface area contributed by atoms with Gasteiger partial charge in [0.1, 0.15) is 0 Å². The molecule has 0 saturated carbocycles. The van der Waals surface area contributed by atoms with Crippen LogP contribution in [-0.2, 0) is 11.2 Å². The van der Waals surface area contributed by atoms with E-state index in [1.165, 1.54) is 10.9 Å². The van der Waals surface area contributed by atoms with Crippen LogP contribution < -0.4 is 5.32 Å². The normalized spacial score (nSPS) is 10.8. The van der Waals surface area contributed by atoms with Crippen molar-refractivity contribution in [2.45, 2.75) is 26.3 Å². The Bertz CT molecular complexity index is 531. The number of aromatic nitrogens is 1. The van der Waals surface area contributed by atoms with Crippen LogP contribution >= 0.6 is 0 Å². The van der Waals surface area contributed by atoms with Gasteiger partial charge in [0.2, 0.25) is 0 Å². The van der Waals surface area contributed by atoms with Crippen LogP contribution in [-0.4, -0.2) is 23.7 Å². The summed E-state index contributed by atoms with van der Waals surface area (Å²) in [6.45, 7) is 4.20. The second kappa shape index (κ2) is 5.58. The van der Waals surface area contributed by atoms with Crippen LogP contribution in [0.4, 0.5) is 4.79 Å². The molecule has 0 fully saturated rings. The molecular formula is C14H18N2O2. The lowest BCUT2D eigenvalue weighted by Crippen LogP contribution is -2.31. The molecule has 0 bridgehead atoms. The van der Waals surface area contributed by atoms with Gasteiger partial charge in [-0.1, -0.05) is 18.2 Å². The Morgan fingerprint density at radius 3 is 2.94 bits per heavy atom. The molecule has 2 N–H and O–H groups in total. The van der Waals surface area contributed by atoms with Gasteiger partial charge >= 0.3 is 6.09 Å². The van der Waals surface area contributed by atoms with Crippen LogP contribution in [0.3, 0.4) is 0 Å². The molecule has 0 atom stereocenters. The highest BCUT2D eigenvalue weighted by Gasteiger charge is 2.06. The highest BCUT2D eigenvalue weighted by Crippen LogP contribution is 2.17. The van der Waals surface area contributed by atoms with Crippen molar-refractivity contribution in [3.05, 3.63) is 36.0 Å². The van der Waals surface area contributed by atoms with E-state index in [0.29, 0.717) is 6.61 Å². The van der Waals surface area contributed by atoms with Gasteiger partial charge in [-0.05, 0) is 25.5 Å². The minimum atomic E-state index is -0.357. The predicted octanol–water partition coefficient (Wildman–Crippen LogP) is 2.85. The number of benzene rings is 1. The lowest BCUT2D eigenvalue weighted by Gasteiger charge is -2.08. The van der Waals surface area contributed by atoms with E-state index in [-0.39, 0.29) is 12.1 Å². The van der Waals surface area contributed by atoms with Gasteiger partial charge in [-0.15, -0.1) is 0 Å². The van der Waals surface area contributed by atoms with Gasteiger partial charge in [-0.3, -0.25) is 0 Å². The number of H-pyrrole nitrogens is 1. The summed E-state index contributed by atoms with van der Waals surface area (Å²) in [5.74, 6) is 0. The summed E-state index contributed by atoms with van der Waals surface area (Å²) in [7, 11) is 0. The molecule has 1 aromatic heterocycles. The predicted molar refractivity (Wildman–Crippen MR) is 71.6 cm³/mol. The lowest BCUT2D eigenvalue weighted by molar-refractivity contribution is 0.145. The molecule has 1 aromatic carbocycles. The van der Waals surface area contributed by atoms with Crippen LogP contribution in [0.2, 0.25) is 0 Å². The molecule has 96 valence electrons. The fourth-order valence-corrected chi connectivity index (χ4v) is 1.87. The monoisotopic (exact) mass is 246 g/mol. The number of carbonyl (C=O) groups excluding carboxylic acids is 1. The van der Waals surface area contributed by atoms with Crippen molar-refractivity contribution in [3.63, 3.8) is 0 Å². The summed E-state index contributed by atoms with van der Waals surface area (Å²) in [5, 5.41) is 3.88. The number of aromatic amines is 1. The van der Waals surface area contributed by atoms with Crippen molar-refractivity contribution in [1.82, 2.24) is 10.3 Å². The number of rotatable bonds is 4. The molecule has 0 aliphatic heterocycles. The summed E-state index contributed by atoms with van der Waals surface area (Å²) in [6.07, 6.45) is 2.33. The van der Waals surface area contributed by atoms with Crippen LogP contribution in [0.5, 0.6) is 0 Å². The van der Waals surface area contributed by atoms with E-state index in [1.807, 2.05) is 38.2 Å². The summed E-state index contributed by atoms with van der Waals surface area (Å²) in [4.78, 5) is 14.5. The first-order valence-corrected chi connectivity index (χ1v) is 6.15. The van der Waals surface area contributed by atoms with Crippen LogP contribution in [0.25, 0.3) is 10.9 Å². The van der Waals surface area contributed by atoms with E-state index in [4.69, 9.17) is 4.74 Å². The molecule has 0 aliphatic carbocycles. The Labute approximate surface area is 106 Å². The number of hydrogen-bond donors (Lipinski definition) is 2. The smallest absolute Gasteiger partial charge is 0.407 e. The number of nitrogens with one attached hydrogen (secondary N) is 2. The van der Waals surface area contributed by atoms with Gasteiger partial charge in [-0.2, -0.15) is 0 Å². The summed E-state index contributed by atoms with van der Waals surface area (Å²) in [5.41, 5.74) is 2.28. The number of para-hydroxylation sites is 1. The van der Waals surface area contributed by atoms with Crippen molar-refractivity contribution < 1.29 is 9.53 Å². The molecule has 0 spiro atoms. The lowest BCUT2D eigenvalue weighted by atomic mass is 10.1. The van der Waals surface area contributed by atoms with E-state index < -0.39 is 0 Å². The second-order valence-electron chi connectivity index (χ2n) is 4.54. The quantitative estimate of drug-likeness (QED) is 0.871. The van der Waals surface area contributed by atoms with Crippen molar-refractivity contribution >= 4 is 17.0 Å². The average Bonchev–Trinajstić information content (AvgIpc) is 2.72. The van der Waals surface area contributed by atoms with Gasteiger partial charge in [0.05, 0.1) is 6.61 Å². The number of amides is 1. The SMILES string of the molecule is CC(C)NC(=O)OCCc1c[nH]c2ccccc12. The third-order valence-electron chi connectivity index (χ3n) is 2.69. The van der Waals surface area contributed by atoms with Crippen molar-refractivity contribution in [2.24, 2.45) is 0 Å².